The van der Waals surface area contributed by atoms with Gasteiger partial charge < -0.3 is 20.7 Å². The summed E-state index contributed by atoms with van der Waals surface area (Å²) in [6, 6.07) is 0. The molecular weight excluding hydrogens is 326 g/mol. The number of guanidine groups is 1. The highest BCUT2D eigenvalue weighted by molar-refractivity contribution is 7.11. The van der Waals surface area contributed by atoms with Gasteiger partial charge in [0.25, 0.3) is 0 Å². The maximum absolute atomic E-state index is 11.6. The Morgan fingerprint density at radius 1 is 1.21 bits per heavy atom. The first kappa shape index (κ1) is 20.2. The summed E-state index contributed by atoms with van der Waals surface area (Å²) in [7, 11) is 0. The minimum Gasteiger partial charge on any atom is -0.444 e. The van der Waals surface area contributed by atoms with Crippen LogP contribution in [0.2, 0.25) is 0 Å². The fourth-order valence-electron chi connectivity index (χ4n) is 1.87. The molecule has 1 amide bonds. The zero-order valence-corrected chi connectivity index (χ0v) is 16.3. The lowest BCUT2D eigenvalue weighted by Crippen LogP contribution is -2.42. The molecule has 0 aromatic carbocycles. The number of amides is 1. The van der Waals surface area contributed by atoms with E-state index in [1.165, 1.54) is 0 Å². The second-order valence-electron chi connectivity index (χ2n) is 6.29. The monoisotopic (exact) mass is 355 g/mol. The summed E-state index contributed by atoms with van der Waals surface area (Å²) in [5, 5.41) is 10.1. The van der Waals surface area contributed by atoms with Crippen molar-refractivity contribution in [3.05, 3.63) is 15.6 Å². The maximum atomic E-state index is 11.6. The molecule has 7 nitrogen and oxygen atoms in total. The van der Waals surface area contributed by atoms with Gasteiger partial charge in [-0.25, -0.2) is 14.8 Å². The molecule has 0 unspecified atom stereocenters. The molecule has 3 N–H and O–H groups in total. The molecule has 136 valence electrons. The fourth-order valence-corrected chi connectivity index (χ4v) is 2.73. The van der Waals surface area contributed by atoms with Crippen molar-refractivity contribution < 1.29 is 9.53 Å². The number of nitrogens with zero attached hydrogens (tertiary/aromatic N) is 2. The number of carbonyl (C=O) groups excluding carboxylic acids is 1. The topological polar surface area (TPSA) is 87.6 Å². The van der Waals surface area contributed by atoms with E-state index in [0.29, 0.717) is 25.6 Å². The quantitative estimate of drug-likeness (QED) is 0.414. The zero-order valence-electron chi connectivity index (χ0n) is 15.4. The highest BCUT2D eigenvalue weighted by Gasteiger charge is 2.15. The number of hydrogen-bond donors (Lipinski definition) is 3. The Morgan fingerprint density at radius 2 is 1.88 bits per heavy atom. The first-order valence-electron chi connectivity index (χ1n) is 8.13. The summed E-state index contributed by atoms with van der Waals surface area (Å²) in [6.07, 6.45) is -0.415. The second kappa shape index (κ2) is 9.46. The van der Waals surface area contributed by atoms with E-state index < -0.39 is 11.7 Å². The number of aromatic nitrogens is 1. The third kappa shape index (κ3) is 8.14. The van der Waals surface area contributed by atoms with E-state index in [1.54, 1.807) is 11.3 Å². The van der Waals surface area contributed by atoms with Crippen molar-refractivity contribution in [1.29, 1.82) is 0 Å². The van der Waals surface area contributed by atoms with Gasteiger partial charge in [0.1, 0.15) is 5.60 Å². The molecule has 0 bridgehead atoms. The van der Waals surface area contributed by atoms with E-state index in [1.807, 2.05) is 41.5 Å². The number of hydrogen-bond acceptors (Lipinski definition) is 5. The molecule has 0 aliphatic carbocycles. The van der Waals surface area contributed by atoms with Crippen LogP contribution in [0.5, 0.6) is 0 Å². The number of rotatable bonds is 6. The first-order valence-corrected chi connectivity index (χ1v) is 8.95. The number of aryl methyl sites for hydroxylation is 2. The Kier molecular flexibility index (Phi) is 7.97. The van der Waals surface area contributed by atoms with Crippen molar-refractivity contribution >= 4 is 23.4 Å². The third-order valence-corrected chi connectivity index (χ3v) is 3.87. The van der Waals surface area contributed by atoms with Gasteiger partial charge in [-0.05, 0) is 41.5 Å². The van der Waals surface area contributed by atoms with E-state index in [9.17, 15) is 4.79 Å². The second-order valence-corrected chi connectivity index (χ2v) is 7.58. The first-order chi connectivity index (χ1) is 11.2. The van der Waals surface area contributed by atoms with Crippen molar-refractivity contribution in [2.75, 3.05) is 19.6 Å². The number of nitrogens with one attached hydrogen (secondary N) is 3. The number of ether oxygens (including phenoxy) is 1. The minimum absolute atomic E-state index is 0.415. The summed E-state index contributed by atoms with van der Waals surface area (Å²) in [5.41, 5.74) is 0.544. The largest absolute Gasteiger partial charge is 0.444 e. The lowest BCUT2D eigenvalue weighted by molar-refractivity contribution is 0.0529. The normalized spacial score (nSPS) is 12.0. The maximum Gasteiger partial charge on any atom is 0.407 e. The SMILES string of the molecule is CCNC(=NCc1sc(C)nc1C)NCCNC(=O)OC(C)(C)C. The van der Waals surface area contributed by atoms with Crippen LogP contribution in [0, 0.1) is 13.8 Å². The van der Waals surface area contributed by atoms with Gasteiger partial charge in [-0.15, -0.1) is 11.3 Å². The standard InChI is InChI=1S/C16H29N5O2S/c1-7-17-14(20-10-13-11(2)21-12(3)24-13)18-8-9-19-15(22)23-16(4,5)6/h7-10H2,1-6H3,(H,19,22)(H2,17,18,20). The van der Waals surface area contributed by atoms with Crippen molar-refractivity contribution in [3.8, 4) is 0 Å². The fraction of sp³-hybridized carbons (Fsp3) is 0.688. The Hall–Kier alpha value is -1.83. The molecule has 0 fully saturated rings. The van der Waals surface area contributed by atoms with Crippen molar-refractivity contribution in [3.63, 3.8) is 0 Å². The smallest absolute Gasteiger partial charge is 0.407 e. The van der Waals surface area contributed by atoms with Crippen LogP contribution in [0.15, 0.2) is 4.99 Å². The van der Waals surface area contributed by atoms with Gasteiger partial charge in [0, 0.05) is 24.5 Å². The molecule has 0 saturated heterocycles. The Bertz CT molecular complexity index is 563. The predicted octanol–water partition coefficient (Wildman–Crippen LogP) is 2.34. The predicted molar refractivity (Wildman–Crippen MR) is 98.6 cm³/mol. The molecular formula is C16H29N5O2S. The molecule has 0 aliphatic rings. The highest BCUT2D eigenvalue weighted by atomic mass is 32.1. The van der Waals surface area contributed by atoms with Gasteiger partial charge in [-0.3, -0.25) is 0 Å². The van der Waals surface area contributed by atoms with Crippen LogP contribution in [0.25, 0.3) is 0 Å². The van der Waals surface area contributed by atoms with Crippen LogP contribution in [0.4, 0.5) is 4.79 Å². The van der Waals surface area contributed by atoms with Gasteiger partial charge in [0.05, 0.1) is 17.2 Å². The van der Waals surface area contributed by atoms with Crippen LogP contribution >= 0.6 is 11.3 Å². The van der Waals surface area contributed by atoms with Crippen LogP contribution in [-0.4, -0.2) is 42.3 Å². The number of thiazole rings is 1. The Morgan fingerprint density at radius 3 is 2.42 bits per heavy atom. The summed E-state index contributed by atoms with van der Waals surface area (Å²) < 4.78 is 5.18. The van der Waals surface area contributed by atoms with Crippen LogP contribution in [0.1, 0.15) is 43.3 Å². The van der Waals surface area contributed by atoms with Crippen LogP contribution in [-0.2, 0) is 11.3 Å². The summed E-state index contributed by atoms with van der Waals surface area (Å²) in [6.45, 7) is 13.9. The summed E-state index contributed by atoms with van der Waals surface area (Å²) in [5.74, 6) is 0.717. The lowest BCUT2D eigenvalue weighted by atomic mass is 10.2. The van der Waals surface area contributed by atoms with Gasteiger partial charge in [-0.2, -0.15) is 0 Å². The molecule has 1 rings (SSSR count). The third-order valence-electron chi connectivity index (χ3n) is 2.81. The number of alkyl carbamates (subject to hydrolysis) is 1. The average Bonchev–Trinajstić information content (AvgIpc) is 2.77. The summed E-state index contributed by atoms with van der Waals surface area (Å²) >= 11 is 1.66. The minimum atomic E-state index is -0.487. The van der Waals surface area contributed by atoms with E-state index in [4.69, 9.17) is 4.74 Å². The van der Waals surface area contributed by atoms with Gasteiger partial charge in [0.2, 0.25) is 0 Å². The van der Waals surface area contributed by atoms with Crippen LogP contribution in [0.3, 0.4) is 0 Å². The molecule has 8 heteroatoms. The van der Waals surface area contributed by atoms with Crippen molar-refractivity contribution in [1.82, 2.24) is 20.9 Å². The average molecular weight is 356 g/mol. The molecule has 0 aliphatic heterocycles. The van der Waals surface area contributed by atoms with E-state index in [-0.39, 0.29) is 0 Å². The van der Waals surface area contributed by atoms with E-state index >= 15 is 0 Å². The van der Waals surface area contributed by atoms with Gasteiger partial charge in [0.15, 0.2) is 5.96 Å². The highest BCUT2D eigenvalue weighted by Crippen LogP contribution is 2.17. The molecule has 24 heavy (non-hydrogen) atoms. The molecule has 0 spiro atoms. The molecule has 0 atom stereocenters. The number of carbonyl (C=O) groups is 1. The molecule has 0 saturated carbocycles. The molecule has 1 aromatic rings. The molecule has 0 radical (unpaired) electrons. The lowest BCUT2D eigenvalue weighted by Gasteiger charge is -2.19. The van der Waals surface area contributed by atoms with E-state index in [2.05, 4.69) is 25.9 Å². The van der Waals surface area contributed by atoms with E-state index in [0.717, 1.165) is 22.1 Å². The zero-order chi connectivity index (χ0) is 18.2. The summed E-state index contributed by atoms with van der Waals surface area (Å²) in [4.78, 5) is 21.7. The van der Waals surface area contributed by atoms with Crippen LogP contribution < -0.4 is 16.0 Å². The molecule has 1 aromatic heterocycles. The van der Waals surface area contributed by atoms with Gasteiger partial charge >= 0.3 is 6.09 Å². The Labute approximate surface area is 148 Å². The van der Waals surface area contributed by atoms with Crippen molar-refractivity contribution in [2.45, 2.75) is 53.7 Å². The number of aliphatic imine (C=N–C) groups is 1. The Balaban J connectivity index is 2.41. The van der Waals surface area contributed by atoms with Crippen molar-refractivity contribution in [2.24, 2.45) is 4.99 Å². The van der Waals surface area contributed by atoms with Gasteiger partial charge in [-0.1, -0.05) is 0 Å². The molecule has 1 heterocycles.